The number of nitrogens with zero attached hydrogens (tertiary/aromatic N) is 2. The fourth-order valence-corrected chi connectivity index (χ4v) is 2.00. The lowest BCUT2D eigenvalue weighted by molar-refractivity contribution is -0.491. The Labute approximate surface area is 122 Å². The van der Waals surface area contributed by atoms with E-state index in [1.807, 2.05) is 37.3 Å². The molecule has 108 valence electrons. The molecule has 0 N–H and O–H groups in total. The van der Waals surface area contributed by atoms with Crippen molar-refractivity contribution >= 4 is 11.9 Å². The van der Waals surface area contributed by atoms with Gasteiger partial charge in [0.1, 0.15) is 0 Å². The van der Waals surface area contributed by atoms with E-state index in [1.165, 1.54) is 12.1 Å². The van der Waals surface area contributed by atoms with Crippen molar-refractivity contribution in [2.75, 3.05) is 0 Å². The second-order valence-electron chi connectivity index (χ2n) is 4.88. The number of hydrogen-bond acceptors (Lipinski definition) is 3. The molecule has 0 saturated heterocycles. The minimum absolute atomic E-state index is 0.0567. The molecule has 1 unspecified atom stereocenters. The minimum atomic E-state index is -0.434. The number of non-ortho nitro benzene ring substituents is 1. The van der Waals surface area contributed by atoms with Crippen molar-refractivity contribution in [3.8, 4) is 0 Å². The topological polar surface area (TPSA) is 69.2 Å². The van der Waals surface area contributed by atoms with Crippen LogP contribution in [-0.2, 0) is 6.42 Å². The van der Waals surface area contributed by atoms with E-state index >= 15 is 0 Å². The monoisotopic (exact) mass is 284 g/mol. The molecule has 5 nitrogen and oxygen atoms in total. The third-order valence-electron chi connectivity index (χ3n) is 3.19. The molecule has 0 bridgehead atoms. The van der Waals surface area contributed by atoms with Crippen molar-refractivity contribution in [2.45, 2.75) is 19.4 Å². The smallest absolute Gasteiger partial charge is 0.269 e. The van der Waals surface area contributed by atoms with Gasteiger partial charge in [-0.2, -0.15) is 0 Å². The van der Waals surface area contributed by atoms with Crippen LogP contribution in [0.15, 0.2) is 54.6 Å². The average molecular weight is 284 g/mol. The van der Waals surface area contributed by atoms with Crippen molar-refractivity contribution in [1.29, 1.82) is 0 Å². The van der Waals surface area contributed by atoms with Gasteiger partial charge in [0.05, 0.1) is 4.92 Å². The van der Waals surface area contributed by atoms with E-state index < -0.39 is 4.92 Å². The first-order valence-corrected chi connectivity index (χ1v) is 6.65. The van der Waals surface area contributed by atoms with Crippen molar-refractivity contribution in [3.63, 3.8) is 0 Å². The molecule has 0 spiro atoms. The maximum Gasteiger partial charge on any atom is 0.269 e. The van der Waals surface area contributed by atoms with Crippen LogP contribution in [0.5, 0.6) is 0 Å². The third kappa shape index (κ3) is 4.14. The van der Waals surface area contributed by atoms with Crippen molar-refractivity contribution in [3.05, 3.63) is 81.0 Å². The Kier molecular flexibility index (Phi) is 4.66. The Morgan fingerprint density at radius 3 is 2.24 bits per heavy atom. The highest BCUT2D eigenvalue weighted by atomic mass is 16.6. The first-order valence-electron chi connectivity index (χ1n) is 6.65. The van der Waals surface area contributed by atoms with Crippen LogP contribution in [0.3, 0.4) is 0 Å². The van der Waals surface area contributed by atoms with E-state index in [4.69, 9.17) is 0 Å². The van der Waals surface area contributed by atoms with Gasteiger partial charge in [-0.1, -0.05) is 30.3 Å². The Morgan fingerprint density at radius 2 is 1.67 bits per heavy atom. The molecular weight excluding hydrogens is 268 g/mol. The number of nitro groups is 1. The van der Waals surface area contributed by atoms with E-state index in [0.717, 1.165) is 15.9 Å². The minimum Gasteiger partial charge on any atom is -0.624 e. The first kappa shape index (κ1) is 14.7. The zero-order valence-electron chi connectivity index (χ0n) is 11.7. The molecule has 0 saturated carbocycles. The maximum atomic E-state index is 12.0. The number of hydrogen-bond donors (Lipinski definition) is 0. The second-order valence-corrected chi connectivity index (χ2v) is 4.88. The van der Waals surface area contributed by atoms with Crippen molar-refractivity contribution in [2.24, 2.45) is 0 Å². The van der Waals surface area contributed by atoms with Crippen LogP contribution in [0, 0.1) is 15.3 Å². The summed E-state index contributed by atoms with van der Waals surface area (Å²) in [6.45, 7) is 1.83. The number of rotatable bonds is 5. The Hall–Kier alpha value is -2.69. The molecule has 0 aromatic heterocycles. The lowest BCUT2D eigenvalue weighted by Crippen LogP contribution is -2.21. The van der Waals surface area contributed by atoms with Gasteiger partial charge in [-0.05, 0) is 24.6 Å². The molecule has 2 rings (SSSR count). The Balaban J connectivity index is 2.05. The Bertz CT molecular complexity index is 636. The second kappa shape index (κ2) is 6.65. The SMILES string of the molecule is CC(Cc1ccc([N+](=O)[O-])cc1)/[N+]([O-])=C/c1ccccc1. The normalized spacial score (nSPS) is 12.9. The van der Waals surface area contributed by atoms with Gasteiger partial charge in [0, 0.05) is 24.1 Å². The molecule has 0 aliphatic rings. The lowest BCUT2D eigenvalue weighted by atomic mass is 10.1. The van der Waals surface area contributed by atoms with Crippen LogP contribution in [-0.4, -0.2) is 21.9 Å². The standard InChI is InChI=1S/C16H16N2O3/c1-13(17(19)12-15-5-3-2-4-6-15)11-14-7-9-16(10-8-14)18(20)21/h2-10,12-13H,11H2,1H3/b17-12-. The number of hydroxylamine groups is 1. The quantitative estimate of drug-likeness (QED) is 0.278. The molecule has 1 atom stereocenters. The largest absolute Gasteiger partial charge is 0.624 e. The van der Waals surface area contributed by atoms with E-state index in [1.54, 1.807) is 18.3 Å². The summed E-state index contributed by atoms with van der Waals surface area (Å²) < 4.78 is 0.913. The molecule has 0 aliphatic carbocycles. The van der Waals surface area contributed by atoms with E-state index in [0.29, 0.717) is 6.42 Å². The van der Waals surface area contributed by atoms with Gasteiger partial charge in [-0.25, -0.2) is 4.74 Å². The predicted octanol–water partition coefficient (Wildman–Crippen LogP) is 3.16. The molecule has 0 aliphatic heterocycles. The number of benzene rings is 2. The van der Waals surface area contributed by atoms with Gasteiger partial charge in [-0.15, -0.1) is 0 Å². The summed E-state index contributed by atoms with van der Waals surface area (Å²) >= 11 is 0. The summed E-state index contributed by atoms with van der Waals surface area (Å²) in [7, 11) is 0. The highest BCUT2D eigenvalue weighted by molar-refractivity contribution is 5.75. The molecule has 0 heterocycles. The zero-order chi connectivity index (χ0) is 15.2. The summed E-state index contributed by atoms with van der Waals surface area (Å²) in [6.07, 6.45) is 2.08. The number of nitro benzene ring substituents is 1. The van der Waals surface area contributed by atoms with Gasteiger partial charge >= 0.3 is 0 Å². The molecule has 5 heteroatoms. The predicted molar refractivity (Wildman–Crippen MR) is 81.5 cm³/mol. The van der Waals surface area contributed by atoms with E-state index in [2.05, 4.69) is 0 Å². The highest BCUT2D eigenvalue weighted by Crippen LogP contribution is 2.13. The van der Waals surface area contributed by atoms with Crippen LogP contribution >= 0.6 is 0 Å². The summed E-state index contributed by atoms with van der Waals surface area (Å²) in [5.74, 6) is 0. The zero-order valence-corrected chi connectivity index (χ0v) is 11.7. The van der Waals surface area contributed by atoms with Gasteiger partial charge in [0.2, 0.25) is 0 Å². The maximum absolute atomic E-state index is 12.0. The lowest BCUT2D eigenvalue weighted by Gasteiger charge is -2.12. The fraction of sp³-hybridized carbons (Fsp3) is 0.188. The van der Waals surface area contributed by atoms with Crippen LogP contribution in [0.1, 0.15) is 18.1 Å². The molecular formula is C16H16N2O3. The van der Waals surface area contributed by atoms with Crippen LogP contribution in [0.25, 0.3) is 0 Å². The molecule has 2 aromatic rings. The van der Waals surface area contributed by atoms with Crippen LogP contribution in [0.4, 0.5) is 5.69 Å². The first-order chi connectivity index (χ1) is 10.1. The third-order valence-corrected chi connectivity index (χ3v) is 3.19. The average Bonchev–Trinajstić information content (AvgIpc) is 2.48. The molecule has 0 radical (unpaired) electrons. The van der Waals surface area contributed by atoms with Crippen LogP contribution in [0.2, 0.25) is 0 Å². The van der Waals surface area contributed by atoms with Gasteiger partial charge in [-0.3, -0.25) is 10.1 Å². The molecule has 0 fully saturated rings. The molecule has 21 heavy (non-hydrogen) atoms. The van der Waals surface area contributed by atoms with Gasteiger partial charge in [0.15, 0.2) is 12.3 Å². The van der Waals surface area contributed by atoms with Crippen LogP contribution < -0.4 is 0 Å². The summed E-state index contributed by atoms with van der Waals surface area (Å²) in [4.78, 5) is 10.2. The summed E-state index contributed by atoms with van der Waals surface area (Å²) in [5, 5.41) is 22.6. The van der Waals surface area contributed by atoms with E-state index in [-0.39, 0.29) is 11.7 Å². The summed E-state index contributed by atoms with van der Waals surface area (Å²) in [6, 6.07) is 15.4. The summed E-state index contributed by atoms with van der Waals surface area (Å²) in [5.41, 5.74) is 1.81. The van der Waals surface area contributed by atoms with Gasteiger partial charge < -0.3 is 5.21 Å². The fourth-order valence-electron chi connectivity index (χ4n) is 2.00. The Morgan fingerprint density at radius 1 is 1.05 bits per heavy atom. The van der Waals surface area contributed by atoms with Crippen molar-refractivity contribution in [1.82, 2.24) is 0 Å². The molecule has 0 amide bonds. The highest BCUT2D eigenvalue weighted by Gasteiger charge is 2.12. The molecule has 2 aromatic carbocycles. The van der Waals surface area contributed by atoms with E-state index in [9.17, 15) is 15.3 Å². The van der Waals surface area contributed by atoms with Crippen molar-refractivity contribution < 1.29 is 9.66 Å². The van der Waals surface area contributed by atoms with Gasteiger partial charge in [0.25, 0.3) is 5.69 Å².